The minimum absolute atomic E-state index is 0.227. The van der Waals surface area contributed by atoms with Crippen molar-refractivity contribution in [2.75, 3.05) is 13.1 Å². The third-order valence-corrected chi connectivity index (χ3v) is 3.08. The summed E-state index contributed by atoms with van der Waals surface area (Å²) in [5.41, 5.74) is 2.60. The van der Waals surface area contributed by atoms with Crippen molar-refractivity contribution in [1.82, 2.24) is 5.32 Å². The molecule has 0 bridgehead atoms. The molecule has 0 aliphatic carbocycles. The fraction of sp³-hybridized carbons (Fsp3) is 0.571. The second-order valence-corrected chi connectivity index (χ2v) is 4.61. The largest absolute Gasteiger partial charge is 0.368 e. The van der Waals surface area contributed by atoms with E-state index < -0.39 is 0 Å². The molecular formula is C14H21NO. The maximum Gasteiger partial charge on any atom is 0.0953 e. The molecule has 2 nitrogen and oxygen atoms in total. The zero-order valence-electron chi connectivity index (χ0n) is 10.2. The van der Waals surface area contributed by atoms with Gasteiger partial charge in [-0.15, -0.1) is 0 Å². The van der Waals surface area contributed by atoms with Gasteiger partial charge in [-0.25, -0.2) is 0 Å². The molecule has 1 heterocycles. The van der Waals surface area contributed by atoms with Gasteiger partial charge < -0.3 is 10.1 Å². The Morgan fingerprint density at radius 2 is 2.25 bits per heavy atom. The summed E-state index contributed by atoms with van der Waals surface area (Å²) >= 11 is 0. The van der Waals surface area contributed by atoms with E-state index in [-0.39, 0.29) is 6.10 Å². The number of hydrogen-bond acceptors (Lipinski definition) is 2. The van der Waals surface area contributed by atoms with Crippen LogP contribution in [0.3, 0.4) is 0 Å². The second kappa shape index (κ2) is 5.46. The molecule has 1 aromatic rings. The lowest BCUT2D eigenvalue weighted by Crippen LogP contribution is -2.40. The van der Waals surface area contributed by atoms with E-state index in [1.165, 1.54) is 17.5 Å². The number of hydrogen-bond donors (Lipinski definition) is 1. The van der Waals surface area contributed by atoms with Crippen LogP contribution in [0.2, 0.25) is 0 Å². The van der Waals surface area contributed by atoms with Crippen molar-refractivity contribution >= 4 is 0 Å². The zero-order chi connectivity index (χ0) is 11.4. The summed E-state index contributed by atoms with van der Waals surface area (Å²) in [5.74, 6) is 0. The molecule has 2 heteroatoms. The normalized spacial score (nSPS) is 25.6. The molecule has 2 unspecified atom stereocenters. The van der Waals surface area contributed by atoms with Crippen molar-refractivity contribution in [1.29, 1.82) is 0 Å². The molecular weight excluding hydrogens is 198 g/mol. The van der Waals surface area contributed by atoms with Gasteiger partial charge in [-0.3, -0.25) is 0 Å². The van der Waals surface area contributed by atoms with Crippen LogP contribution < -0.4 is 5.32 Å². The molecule has 0 saturated carbocycles. The third kappa shape index (κ3) is 2.83. The van der Waals surface area contributed by atoms with Crippen LogP contribution in [0.5, 0.6) is 0 Å². The smallest absolute Gasteiger partial charge is 0.0953 e. The average Bonchev–Trinajstić information content (AvgIpc) is 2.30. The highest BCUT2D eigenvalue weighted by atomic mass is 16.5. The average molecular weight is 219 g/mol. The Morgan fingerprint density at radius 1 is 1.38 bits per heavy atom. The van der Waals surface area contributed by atoms with Crippen molar-refractivity contribution in [3.63, 3.8) is 0 Å². The second-order valence-electron chi connectivity index (χ2n) is 4.61. The summed E-state index contributed by atoms with van der Waals surface area (Å²) in [6, 6.07) is 8.62. The van der Waals surface area contributed by atoms with Gasteiger partial charge in [0.25, 0.3) is 0 Å². The fourth-order valence-corrected chi connectivity index (χ4v) is 2.26. The summed E-state index contributed by atoms with van der Waals surface area (Å²) in [7, 11) is 0. The SMILES string of the molecule is CCCC1CNCC(c2cccc(C)c2)O1. The van der Waals surface area contributed by atoms with E-state index in [0.717, 1.165) is 19.5 Å². The molecule has 1 aliphatic rings. The highest BCUT2D eigenvalue weighted by Crippen LogP contribution is 2.23. The van der Waals surface area contributed by atoms with Crippen LogP contribution in [0.25, 0.3) is 0 Å². The van der Waals surface area contributed by atoms with E-state index in [4.69, 9.17) is 4.74 Å². The monoisotopic (exact) mass is 219 g/mol. The Kier molecular flexibility index (Phi) is 3.97. The fourth-order valence-electron chi connectivity index (χ4n) is 2.26. The molecule has 0 radical (unpaired) electrons. The van der Waals surface area contributed by atoms with E-state index in [2.05, 4.69) is 43.4 Å². The Hall–Kier alpha value is -0.860. The zero-order valence-corrected chi connectivity index (χ0v) is 10.2. The van der Waals surface area contributed by atoms with Crippen LogP contribution >= 0.6 is 0 Å². The molecule has 1 aromatic carbocycles. The van der Waals surface area contributed by atoms with Crippen molar-refractivity contribution < 1.29 is 4.74 Å². The maximum atomic E-state index is 6.11. The van der Waals surface area contributed by atoms with Gasteiger partial charge in [0.15, 0.2) is 0 Å². The van der Waals surface area contributed by atoms with Gasteiger partial charge in [0.05, 0.1) is 12.2 Å². The van der Waals surface area contributed by atoms with E-state index in [0.29, 0.717) is 6.10 Å². The van der Waals surface area contributed by atoms with Crippen molar-refractivity contribution in [2.45, 2.75) is 38.9 Å². The van der Waals surface area contributed by atoms with Crippen molar-refractivity contribution in [2.24, 2.45) is 0 Å². The predicted octanol–water partition coefficient (Wildman–Crippen LogP) is 2.82. The Balaban J connectivity index is 2.03. The van der Waals surface area contributed by atoms with Gasteiger partial charge in [0, 0.05) is 13.1 Å². The first-order valence-corrected chi connectivity index (χ1v) is 6.22. The highest BCUT2D eigenvalue weighted by molar-refractivity contribution is 5.24. The van der Waals surface area contributed by atoms with E-state index in [9.17, 15) is 0 Å². The molecule has 1 fully saturated rings. The van der Waals surface area contributed by atoms with E-state index in [1.54, 1.807) is 0 Å². The molecule has 0 aromatic heterocycles. The van der Waals surface area contributed by atoms with Crippen LogP contribution in [0.1, 0.15) is 37.0 Å². The molecule has 1 aliphatic heterocycles. The molecule has 1 saturated heterocycles. The van der Waals surface area contributed by atoms with E-state index >= 15 is 0 Å². The lowest BCUT2D eigenvalue weighted by Gasteiger charge is -2.31. The number of nitrogens with one attached hydrogen (secondary N) is 1. The summed E-state index contributed by atoms with van der Waals surface area (Å²) in [4.78, 5) is 0. The number of ether oxygens (including phenoxy) is 1. The van der Waals surface area contributed by atoms with Gasteiger partial charge in [-0.1, -0.05) is 43.2 Å². The topological polar surface area (TPSA) is 21.3 Å². The Bertz CT molecular complexity index is 335. The van der Waals surface area contributed by atoms with E-state index in [1.807, 2.05) is 0 Å². The van der Waals surface area contributed by atoms with Gasteiger partial charge in [0.1, 0.15) is 0 Å². The van der Waals surface area contributed by atoms with Gasteiger partial charge in [-0.05, 0) is 18.9 Å². The summed E-state index contributed by atoms with van der Waals surface area (Å²) in [6.45, 7) is 6.27. The first-order chi connectivity index (χ1) is 7.79. The van der Waals surface area contributed by atoms with Gasteiger partial charge in [0.2, 0.25) is 0 Å². The number of morpholine rings is 1. The standard InChI is InChI=1S/C14H21NO/c1-3-5-13-9-15-10-14(16-13)12-7-4-6-11(2)8-12/h4,6-8,13-15H,3,5,9-10H2,1-2H3. The predicted molar refractivity (Wildman–Crippen MR) is 66.6 cm³/mol. The third-order valence-electron chi connectivity index (χ3n) is 3.08. The molecule has 2 rings (SSSR count). The minimum atomic E-state index is 0.227. The first-order valence-electron chi connectivity index (χ1n) is 6.22. The molecule has 88 valence electrons. The van der Waals surface area contributed by atoms with Gasteiger partial charge in [-0.2, -0.15) is 0 Å². The number of aryl methyl sites for hydroxylation is 1. The quantitative estimate of drug-likeness (QED) is 0.844. The molecule has 2 atom stereocenters. The first kappa shape index (κ1) is 11.6. The highest BCUT2D eigenvalue weighted by Gasteiger charge is 2.22. The van der Waals surface area contributed by atoms with Crippen LogP contribution in [0.4, 0.5) is 0 Å². The van der Waals surface area contributed by atoms with Crippen LogP contribution in [0.15, 0.2) is 24.3 Å². The van der Waals surface area contributed by atoms with Crippen LogP contribution in [0, 0.1) is 6.92 Å². The molecule has 0 amide bonds. The summed E-state index contributed by atoms with van der Waals surface area (Å²) in [5, 5.41) is 3.46. The molecule has 1 N–H and O–H groups in total. The molecule has 0 spiro atoms. The van der Waals surface area contributed by atoms with Crippen LogP contribution in [-0.2, 0) is 4.74 Å². The van der Waals surface area contributed by atoms with Crippen molar-refractivity contribution in [3.05, 3.63) is 35.4 Å². The lowest BCUT2D eigenvalue weighted by atomic mass is 10.0. The van der Waals surface area contributed by atoms with Crippen LogP contribution in [-0.4, -0.2) is 19.2 Å². The Morgan fingerprint density at radius 3 is 3.00 bits per heavy atom. The Labute approximate surface area is 98.0 Å². The number of rotatable bonds is 3. The summed E-state index contributed by atoms with van der Waals surface area (Å²) in [6.07, 6.45) is 2.94. The maximum absolute atomic E-state index is 6.11. The molecule has 16 heavy (non-hydrogen) atoms. The van der Waals surface area contributed by atoms with Crippen molar-refractivity contribution in [3.8, 4) is 0 Å². The number of benzene rings is 1. The summed E-state index contributed by atoms with van der Waals surface area (Å²) < 4.78 is 6.11. The van der Waals surface area contributed by atoms with Gasteiger partial charge >= 0.3 is 0 Å². The lowest BCUT2D eigenvalue weighted by molar-refractivity contribution is -0.0425. The minimum Gasteiger partial charge on any atom is -0.368 e.